The lowest BCUT2D eigenvalue weighted by molar-refractivity contribution is 0.0879. The van der Waals surface area contributed by atoms with Crippen molar-refractivity contribution in [2.24, 2.45) is 0 Å². The lowest BCUT2D eigenvalue weighted by Gasteiger charge is -2.12. The SMILES string of the molecule is N=C1c2ccccc2C(=N)C1c1ccc2c(c1)C(=O)NC2=O. The zero-order valence-corrected chi connectivity index (χ0v) is 11.4. The summed E-state index contributed by atoms with van der Waals surface area (Å²) in [5.74, 6) is -1.31. The molecule has 0 bridgehead atoms. The molecular formula is C17H11N3O2. The number of hydrogen-bond donors (Lipinski definition) is 3. The van der Waals surface area contributed by atoms with Gasteiger partial charge < -0.3 is 10.8 Å². The minimum Gasteiger partial charge on any atom is -0.304 e. The average Bonchev–Trinajstić information content (AvgIpc) is 2.95. The minimum absolute atomic E-state index is 0.319. The monoisotopic (exact) mass is 289 g/mol. The number of amides is 2. The summed E-state index contributed by atoms with van der Waals surface area (Å²) >= 11 is 0. The van der Waals surface area contributed by atoms with Crippen LogP contribution in [0.25, 0.3) is 0 Å². The van der Waals surface area contributed by atoms with E-state index in [1.807, 2.05) is 24.3 Å². The van der Waals surface area contributed by atoms with Crippen LogP contribution in [0.5, 0.6) is 0 Å². The smallest absolute Gasteiger partial charge is 0.258 e. The average molecular weight is 289 g/mol. The molecule has 22 heavy (non-hydrogen) atoms. The number of carbonyl (C=O) groups is 2. The third-order valence-corrected chi connectivity index (χ3v) is 4.18. The van der Waals surface area contributed by atoms with Gasteiger partial charge in [-0.3, -0.25) is 14.9 Å². The first-order valence-corrected chi connectivity index (χ1v) is 6.84. The lowest BCUT2D eigenvalue weighted by Crippen LogP contribution is -2.20. The number of imide groups is 1. The molecule has 1 heterocycles. The molecule has 5 heteroatoms. The quantitative estimate of drug-likeness (QED) is 0.701. The summed E-state index contributed by atoms with van der Waals surface area (Å²) in [6.45, 7) is 0. The lowest BCUT2D eigenvalue weighted by atomic mass is 9.91. The Kier molecular flexibility index (Phi) is 2.42. The second kappa shape index (κ2) is 4.21. The summed E-state index contributed by atoms with van der Waals surface area (Å²) < 4.78 is 0. The Morgan fingerprint density at radius 3 is 2.00 bits per heavy atom. The highest BCUT2D eigenvalue weighted by atomic mass is 16.2. The maximum Gasteiger partial charge on any atom is 0.258 e. The van der Waals surface area contributed by atoms with Crippen LogP contribution in [-0.4, -0.2) is 23.2 Å². The summed E-state index contributed by atoms with van der Waals surface area (Å²) in [6, 6.07) is 12.3. The first-order chi connectivity index (χ1) is 10.6. The van der Waals surface area contributed by atoms with Gasteiger partial charge in [0.05, 0.1) is 28.5 Å². The molecule has 0 aromatic heterocycles. The van der Waals surface area contributed by atoms with Crippen LogP contribution < -0.4 is 5.32 Å². The second-order valence-electron chi connectivity index (χ2n) is 5.39. The van der Waals surface area contributed by atoms with Gasteiger partial charge in [0.1, 0.15) is 0 Å². The van der Waals surface area contributed by atoms with Crippen LogP contribution in [0.15, 0.2) is 42.5 Å². The number of carbonyl (C=O) groups excluding carboxylic acids is 2. The van der Waals surface area contributed by atoms with Gasteiger partial charge in [0.25, 0.3) is 11.8 Å². The van der Waals surface area contributed by atoms with Gasteiger partial charge in [0.15, 0.2) is 0 Å². The molecule has 4 rings (SSSR count). The van der Waals surface area contributed by atoms with E-state index in [-0.39, 0.29) is 0 Å². The number of hydrogen-bond acceptors (Lipinski definition) is 4. The van der Waals surface area contributed by atoms with Crippen molar-refractivity contribution in [3.05, 3.63) is 70.3 Å². The molecule has 3 N–H and O–H groups in total. The number of fused-ring (bicyclic) bond motifs is 2. The van der Waals surface area contributed by atoms with E-state index >= 15 is 0 Å². The van der Waals surface area contributed by atoms with Gasteiger partial charge in [-0.2, -0.15) is 0 Å². The highest BCUT2D eigenvalue weighted by Gasteiger charge is 2.35. The Bertz CT molecular complexity index is 864. The Hall–Kier alpha value is -3.08. The molecule has 5 nitrogen and oxygen atoms in total. The first kappa shape index (κ1) is 12.6. The fraction of sp³-hybridized carbons (Fsp3) is 0.0588. The molecule has 0 fully saturated rings. The molecule has 2 aromatic rings. The molecule has 1 aliphatic heterocycles. The third kappa shape index (κ3) is 1.53. The van der Waals surface area contributed by atoms with Crippen molar-refractivity contribution in [1.29, 1.82) is 10.8 Å². The fourth-order valence-electron chi connectivity index (χ4n) is 3.11. The van der Waals surface area contributed by atoms with E-state index in [0.29, 0.717) is 28.1 Å². The Morgan fingerprint density at radius 1 is 0.773 bits per heavy atom. The van der Waals surface area contributed by atoms with Crippen LogP contribution in [0, 0.1) is 10.8 Å². The van der Waals surface area contributed by atoms with Crippen molar-refractivity contribution in [2.75, 3.05) is 0 Å². The largest absolute Gasteiger partial charge is 0.304 e. The van der Waals surface area contributed by atoms with Gasteiger partial charge in [-0.25, -0.2) is 0 Å². The van der Waals surface area contributed by atoms with Crippen molar-refractivity contribution in [1.82, 2.24) is 5.32 Å². The zero-order chi connectivity index (χ0) is 15.4. The summed E-state index contributed by atoms with van der Waals surface area (Å²) in [5, 5.41) is 18.9. The Labute approximate surface area is 126 Å². The molecular weight excluding hydrogens is 278 g/mol. The van der Waals surface area contributed by atoms with Crippen molar-refractivity contribution in [2.45, 2.75) is 5.92 Å². The molecule has 0 unspecified atom stereocenters. The highest BCUT2D eigenvalue weighted by molar-refractivity contribution is 6.31. The van der Waals surface area contributed by atoms with Gasteiger partial charge in [-0.15, -0.1) is 0 Å². The molecule has 0 saturated heterocycles. The van der Waals surface area contributed by atoms with Gasteiger partial charge in [-0.1, -0.05) is 30.3 Å². The van der Waals surface area contributed by atoms with Crippen LogP contribution in [-0.2, 0) is 0 Å². The predicted octanol–water partition coefficient (Wildman–Crippen LogP) is 2.10. The minimum atomic E-state index is -0.494. The van der Waals surface area contributed by atoms with E-state index in [0.717, 1.165) is 11.1 Å². The first-order valence-electron chi connectivity index (χ1n) is 6.84. The molecule has 0 atom stereocenters. The predicted molar refractivity (Wildman–Crippen MR) is 81.1 cm³/mol. The molecule has 2 aliphatic rings. The van der Waals surface area contributed by atoms with Gasteiger partial charge in [0, 0.05) is 11.1 Å². The molecule has 106 valence electrons. The molecule has 0 spiro atoms. The second-order valence-corrected chi connectivity index (χ2v) is 5.39. The van der Waals surface area contributed by atoms with E-state index in [4.69, 9.17) is 10.8 Å². The van der Waals surface area contributed by atoms with Crippen LogP contribution in [0.2, 0.25) is 0 Å². The van der Waals surface area contributed by atoms with E-state index in [1.54, 1.807) is 18.2 Å². The summed E-state index contributed by atoms with van der Waals surface area (Å²) in [7, 11) is 0. The normalized spacial score (nSPS) is 19.2. The van der Waals surface area contributed by atoms with Crippen LogP contribution >= 0.6 is 0 Å². The standard InChI is InChI=1S/C17H11N3O2/c18-14-9-3-1-2-4-10(9)15(19)13(14)8-5-6-11-12(7-8)17(22)20-16(11)21/h1-7,13,18-19H,(H,20,21,22). The molecule has 0 radical (unpaired) electrons. The maximum atomic E-state index is 11.8. The maximum absolute atomic E-state index is 11.8. The summed E-state index contributed by atoms with van der Waals surface area (Å²) in [5.41, 5.74) is 3.56. The van der Waals surface area contributed by atoms with Crippen molar-refractivity contribution in [3.63, 3.8) is 0 Å². The fourth-order valence-corrected chi connectivity index (χ4v) is 3.11. The number of benzene rings is 2. The van der Waals surface area contributed by atoms with Crippen molar-refractivity contribution < 1.29 is 9.59 Å². The summed E-state index contributed by atoms with van der Waals surface area (Å²) in [6.07, 6.45) is 0. The van der Waals surface area contributed by atoms with Crippen molar-refractivity contribution in [3.8, 4) is 0 Å². The topological polar surface area (TPSA) is 93.9 Å². The third-order valence-electron chi connectivity index (χ3n) is 4.18. The van der Waals surface area contributed by atoms with Gasteiger partial charge in [-0.05, 0) is 17.7 Å². The van der Waals surface area contributed by atoms with Crippen LogP contribution in [0.1, 0.15) is 43.3 Å². The molecule has 2 amide bonds. The molecule has 0 saturated carbocycles. The Morgan fingerprint density at radius 2 is 1.36 bits per heavy atom. The summed E-state index contributed by atoms with van der Waals surface area (Å²) in [4.78, 5) is 23.4. The van der Waals surface area contributed by atoms with E-state index in [2.05, 4.69) is 5.32 Å². The van der Waals surface area contributed by atoms with Gasteiger partial charge in [0.2, 0.25) is 0 Å². The highest BCUT2D eigenvalue weighted by Crippen LogP contribution is 2.34. The molecule has 1 aliphatic carbocycles. The van der Waals surface area contributed by atoms with Crippen molar-refractivity contribution >= 4 is 23.2 Å². The van der Waals surface area contributed by atoms with E-state index < -0.39 is 17.7 Å². The number of nitrogens with one attached hydrogen (secondary N) is 3. The number of rotatable bonds is 1. The van der Waals surface area contributed by atoms with Gasteiger partial charge >= 0.3 is 0 Å². The van der Waals surface area contributed by atoms with E-state index in [1.165, 1.54) is 0 Å². The van der Waals surface area contributed by atoms with Crippen LogP contribution in [0.4, 0.5) is 0 Å². The Balaban J connectivity index is 1.84. The van der Waals surface area contributed by atoms with Crippen LogP contribution in [0.3, 0.4) is 0 Å². The zero-order valence-electron chi connectivity index (χ0n) is 11.4. The molecule has 2 aromatic carbocycles. The van der Waals surface area contributed by atoms with E-state index in [9.17, 15) is 9.59 Å².